The quantitative estimate of drug-likeness (QED) is 0.755. The third-order valence-corrected chi connectivity index (χ3v) is 4.09. The van der Waals surface area contributed by atoms with Crippen LogP contribution in [0, 0.1) is 6.92 Å². The Bertz CT molecular complexity index is 700. The number of hydrogen-bond donors (Lipinski definition) is 1. The Balaban J connectivity index is 1.71. The normalized spacial score (nSPS) is 12.3. The number of hydrogen-bond acceptors (Lipinski definition) is 3. The Labute approximate surface area is 156 Å². The molecule has 0 spiro atoms. The van der Waals surface area contributed by atoms with Crippen LogP contribution in [0.25, 0.3) is 0 Å². The lowest BCUT2D eigenvalue weighted by molar-refractivity contribution is -0.127. The van der Waals surface area contributed by atoms with Crippen molar-refractivity contribution in [2.75, 3.05) is 13.2 Å². The molecule has 0 radical (unpaired) electrons. The Morgan fingerprint density at radius 2 is 1.58 bits per heavy atom. The van der Waals surface area contributed by atoms with Gasteiger partial charge >= 0.3 is 0 Å². The van der Waals surface area contributed by atoms with Gasteiger partial charge in [-0.15, -0.1) is 0 Å². The monoisotopic (exact) mass is 355 g/mol. The van der Waals surface area contributed by atoms with E-state index in [1.54, 1.807) is 6.92 Å². The SMILES string of the molecule is Cc1ccc(O[C@@H](C)C(=O)NCCOc2ccc(C(C)(C)C)cc2)cc1. The first-order valence-corrected chi connectivity index (χ1v) is 9.00. The summed E-state index contributed by atoms with van der Waals surface area (Å²) in [6.07, 6.45) is -0.552. The Kier molecular flexibility index (Phi) is 6.67. The van der Waals surface area contributed by atoms with E-state index in [-0.39, 0.29) is 11.3 Å². The van der Waals surface area contributed by atoms with Crippen LogP contribution >= 0.6 is 0 Å². The molecule has 4 nitrogen and oxygen atoms in total. The molecule has 1 amide bonds. The molecule has 0 saturated carbocycles. The Morgan fingerprint density at radius 1 is 1.00 bits per heavy atom. The number of benzene rings is 2. The third-order valence-electron chi connectivity index (χ3n) is 4.09. The van der Waals surface area contributed by atoms with Crippen LogP contribution in [0.1, 0.15) is 38.8 Å². The fourth-order valence-electron chi connectivity index (χ4n) is 2.41. The molecule has 4 heteroatoms. The summed E-state index contributed by atoms with van der Waals surface area (Å²) in [6, 6.07) is 15.7. The second kappa shape index (κ2) is 8.75. The summed E-state index contributed by atoms with van der Waals surface area (Å²) >= 11 is 0. The van der Waals surface area contributed by atoms with Gasteiger partial charge in [-0.1, -0.05) is 50.6 Å². The molecule has 0 aliphatic heterocycles. The molecule has 1 atom stereocenters. The molecule has 26 heavy (non-hydrogen) atoms. The molecule has 0 fully saturated rings. The highest BCUT2D eigenvalue weighted by molar-refractivity contribution is 5.80. The van der Waals surface area contributed by atoms with Crippen LogP contribution in [0.2, 0.25) is 0 Å². The van der Waals surface area contributed by atoms with E-state index in [0.29, 0.717) is 18.9 Å². The van der Waals surface area contributed by atoms with Crippen LogP contribution in [0.15, 0.2) is 48.5 Å². The van der Waals surface area contributed by atoms with E-state index in [2.05, 4.69) is 38.2 Å². The average molecular weight is 355 g/mol. The maximum Gasteiger partial charge on any atom is 0.260 e. The van der Waals surface area contributed by atoms with Crippen LogP contribution in [-0.2, 0) is 10.2 Å². The van der Waals surface area contributed by atoms with E-state index in [0.717, 1.165) is 11.3 Å². The van der Waals surface area contributed by atoms with Crippen LogP contribution in [0.5, 0.6) is 11.5 Å². The fraction of sp³-hybridized carbons (Fsp3) is 0.409. The minimum Gasteiger partial charge on any atom is -0.492 e. The van der Waals surface area contributed by atoms with Crippen LogP contribution in [0.4, 0.5) is 0 Å². The number of ether oxygens (including phenoxy) is 2. The summed E-state index contributed by atoms with van der Waals surface area (Å²) in [5, 5.41) is 2.83. The lowest BCUT2D eigenvalue weighted by Crippen LogP contribution is -2.38. The van der Waals surface area contributed by atoms with E-state index in [1.807, 2.05) is 43.3 Å². The predicted molar refractivity (Wildman–Crippen MR) is 105 cm³/mol. The highest BCUT2D eigenvalue weighted by Gasteiger charge is 2.14. The zero-order valence-electron chi connectivity index (χ0n) is 16.3. The number of carbonyl (C=O) groups is 1. The molecule has 140 valence electrons. The van der Waals surface area contributed by atoms with Gasteiger partial charge in [-0.05, 0) is 49.1 Å². The first kappa shape index (κ1) is 19.8. The van der Waals surface area contributed by atoms with Crippen LogP contribution in [-0.4, -0.2) is 25.2 Å². The molecule has 0 aliphatic rings. The lowest BCUT2D eigenvalue weighted by atomic mass is 9.87. The number of nitrogens with one attached hydrogen (secondary N) is 1. The van der Waals surface area contributed by atoms with E-state index in [4.69, 9.17) is 9.47 Å². The highest BCUT2D eigenvalue weighted by atomic mass is 16.5. The number of rotatable bonds is 7. The number of amides is 1. The molecule has 0 bridgehead atoms. The Morgan fingerprint density at radius 3 is 2.15 bits per heavy atom. The molecule has 2 rings (SSSR count). The topological polar surface area (TPSA) is 47.6 Å². The molecular weight excluding hydrogens is 326 g/mol. The lowest BCUT2D eigenvalue weighted by Gasteiger charge is -2.19. The molecule has 0 aliphatic carbocycles. The van der Waals surface area contributed by atoms with Gasteiger partial charge in [0.25, 0.3) is 5.91 Å². The summed E-state index contributed by atoms with van der Waals surface area (Å²) in [4.78, 5) is 12.1. The summed E-state index contributed by atoms with van der Waals surface area (Å²) in [5.74, 6) is 1.34. The van der Waals surface area contributed by atoms with Gasteiger partial charge in [0.2, 0.25) is 0 Å². The summed E-state index contributed by atoms with van der Waals surface area (Å²) in [5.41, 5.74) is 2.54. The van der Waals surface area contributed by atoms with Crippen molar-refractivity contribution in [3.05, 3.63) is 59.7 Å². The van der Waals surface area contributed by atoms with Gasteiger partial charge in [0.1, 0.15) is 18.1 Å². The Hall–Kier alpha value is -2.49. The van der Waals surface area contributed by atoms with Gasteiger partial charge in [-0.25, -0.2) is 0 Å². The van der Waals surface area contributed by atoms with Crippen molar-refractivity contribution in [2.45, 2.75) is 46.1 Å². The van der Waals surface area contributed by atoms with E-state index >= 15 is 0 Å². The van der Waals surface area contributed by atoms with Crippen molar-refractivity contribution in [3.8, 4) is 11.5 Å². The zero-order chi connectivity index (χ0) is 19.2. The van der Waals surface area contributed by atoms with Crippen molar-refractivity contribution in [3.63, 3.8) is 0 Å². The van der Waals surface area contributed by atoms with E-state index < -0.39 is 6.10 Å². The molecule has 2 aromatic rings. The van der Waals surface area contributed by atoms with Gasteiger partial charge in [-0.3, -0.25) is 4.79 Å². The number of aryl methyl sites for hydroxylation is 1. The maximum atomic E-state index is 12.1. The zero-order valence-corrected chi connectivity index (χ0v) is 16.3. The van der Waals surface area contributed by atoms with Gasteiger partial charge in [0.05, 0.1) is 6.54 Å². The van der Waals surface area contributed by atoms with Crippen molar-refractivity contribution in [2.24, 2.45) is 0 Å². The molecule has 2 aromatic carbocycles. The number of carbonyl (C=O) groups excluding carboxylic acids is 1. The largest absolute Gasteiger partial charge is 0.492 e. The predicted octanol–water partition coefficient (Wildman–Crippen LogP) is 4.26. The van der Waals surface area contributed by atoms with Gasteiger partial charge in [0, 0.05) is 0 Å². The second-order valence-corrected chi connectivity index (χ2v) is 7.49. The minimum absolute atomic E-state index is 0.125. The summed E-state index contributed by atoms with van der Waals surface area (Å²) in [7, 11) is 0. The van der Waals surface area contributed by atoms with Gasteiger partial charge in [0.15, 0.2) is 6.10 Å². The van der Waals surface area contributed by atoms with Gasteiger partial charge < -0.3 is 14.8 Å². The van der Waals surface area contributed by atoms with E-state index in [1.165, 1.54) is 5.56 Å². The van der Waals surface area contributed by atoms with E-state index in [9.17, 15) is 4.79 Å². The van der Waals surface area contributed by atoms with Crippen molar-refractivity contribution < 1.29 is 14.3 Å². The molecule has 0 unspecified atom stereocenters. The molecule has 0 aromatic heterocycles. The standard InChI is InChI=1S/C22H29NO3/c1-16-6-10-20(11-7-16)26-17(2)21(24)23-14-15-25-19-12-8-18(9-13-19)22(3,4)5/h6-13,17H,14-15H2,1-5H3,(H,23,24)/t17-/m0/s1. The van der Waals surface area contributed by atoms with Gasteiger partial charge in [-0.2, -0.15) is 0 Å². The smallest absolute Gasteiger partial charge is 0.260 e. The first-order chi connectivity index (χ1) is 12.3. The summed E-state index contributed by atoms with van der Waals surface area (Å²) in [6.45, 7) is 11.1. The van der Waals surface area contributed by atoms with Crippen molar-refractivity contribution in [1.29, 1.82) is 0 Å². The molecular formula is C22H29NO3. The van der Waals surface area contributed by atoms with Crippen LogP contribution < -0.4 is 14.8 Å². The third kappa shape index (κ3) is 6.10. The average Bonchev–Trinajstić information content (AvgIpc) is 2.60. The fourth-order valence-corrected chi connectivity index (χ4v) is 2.41. The van der Waals surface area contributed by atoms with Crippen molar-refractivity contribution >= 4 is 5.91 Å². The van der Waals surface area contributed by atoms with Crippen LogP contribution in [0.3, 0.4) is 0 Å². The van der Waals surface area contributed by atoms with Crippen molar-refractivity contribution in [1.82, 2.24) is 5.32 Å². The maximum absolute atomic E-state index is 12.1. The minimum atomic E-state index is -0.552. The summed E-state index contributed by atoms with van der Waals surface area (Å²) < 4.78 is 11.3. The molecule has 0 saturated heterocycles. The highest BCUT2D eigenvalue weighted by Crippen LogP contribution is 2.24. The molecule has 0 heterocycles. The second-order valence-electron chi connectivity index (χ2n) is 7.49. The first-order valence-electron chi connectivity index (χ1n) is 9.00. The molecule has 1 N–H and O–H groups in total.